The first-order chi connectivity index (χ1) is 15.2. The molecule has 2 aromatic rings. The Kier molecular flexibility index (Phi) is 9.05. The van der Waals surface area contributed by atoms with E-state index in [4.69, 9.17) is 21.1 Å². The molecule has 12 heteroatoms. The van der Waals surface area contributed by atoms with Crippen LogP contribution in [0.5, 0.6) is 0 Å². The Balaban J connectivity index is 0.000000913. The van der Waals surface area contributed by atoms with Gasteiger partial charge in [-0.1, -0.05) is 12.8 Å². The average Bonchev–Trinajstić information content (AvgIpc) is 3.46. The number of hydrogen-bond acceptors (Lipinski definition) is 9. The van der Waals surface area contributed by atoms with E-state index in [1.807, 2.05) is 12.1 Å². The maximum absolute atomic E-state index is 9.26. The van der Waals surface area contributed by atoms with Crippen molar-refractivity contribution in [3.63, 3.8) is 0 Å². The van der Waals surface area contributed by atoms with E-state index < -0.39 is 13.8 Å². The Morgan fingerprint density at radius 1 is 1.22 bits per heavy atom. The number of rotatable bonds is 7. The van der Waals surface area contributed by atoms with Crippen LogP contribution in [-0.4, -0.2) is 68.1 Å². The van der Waals surface area contributed by atoms with Crippen LogP contribution in [0.3, 0.4) is 0 Å². The summed E-state index contributed by atoms with van der Waals surface area (Å²) >= 11 is 6.19. The highest BCUT2D eigenvalue weighted by atomic mass is 35.5. The number of anilines is 1. The summed E-state index contributed by atoms with van der Waals surface area (Å²) in [7, 11) is -0.754. The van der Waals surface area contributed by atoms with Crippen molar-refractivity contribution in [2.24, 2.45) is 0 Å². The standard InChI is InChI=1S/C18H27ClN4O5P.C2H6O/c1-11(29(24,25)26)27-10-13-6-9-16(28-13)14-7-8-15-17(20-12-4-2-3-5-12)21-18(19)22-23(14)15;1-3-2/h7-8,11-13,16,24-26H,2-6,9-10H2,1H3,(H,20,21,22);1-2H3/q+1;. The molecule has 0 spiro atoms. The van der Waals surface area contributed by atoms with Gasteiger partial charge in [0.1, 0.15) is 11.6 Å². The molecule has 2 fully saturated rings. The Hall–Kier alpha value is -1.10. The minimum absolute atomic E-state index is 0.175. The summed E-state index contributed by atoms with van der Waals surface area (Å²) in [4.78, 5) is 32.2. The van der Waals surface area contributed by atoms with Crippen LogP contribution in [-0.2, 0) is 14.2 Å². The minimum Gasteiger partial charge on any atom is -0.388 e. The molecule has 0 bridgehead atoms. The van der Waals surface area contributed by atoms with E-state index in [1.165, 1.54) is 19.8 Å². The van der Waals surface area contributed by atoms with Crippen molar-refractivity contribution in [3.8, 4) is 0 Å². The van der Waals surface area contributed by atoms with Crippen LogP contribution < -0.4 is 5.32 Å². The van der Waals surface area contributed by atoms with Gasteiger partial charge in [-0.3, -0.25) is 0 Å². The monoisotopic (exact) mass is 491 g/mol. The molecule has 2 aromatic heterocycles. The van der Waals surface area contributed by atoms with Gasteiger partial charge in [-0.15, -0.1) is 5.10 Å². The van der Waals surface area contributed by atoms with Crippen molar-refractivity contribution < 1.29 is 28.9 Å². The fourth-order valence-corrected chi connectivity index (χ4v) is 4.44. The molecule has 0 radical (unpaired) electrons. The lowest BCUT2D eigenvalue weighted by Crippen LogP contribution is -2.21. The average molecular weight is 492 g/mol. The predicted molar refractivity (Wildman–Crippen MR) is 123 cm³/mol. The lowest BCUT2D eigenvalue weighted by Gasteiger charge is -2.18. The first-order valence-corrected chi connectivity index (χ1v) is 12.9. The number of halogens is 1. The normalized spacial score (nSPS) is 22.7. The van der Waals surface area contributed by atoms with Crippen LogP contribution in [0.2, 0.25) is 5.28 Å². The summed E-state index contributed by atoms with van der Waals surface area (Å²) < 4.78 is 17.5. The highest BCUT2D eigenvalue weighted by molar-refractivity contribution is 7.59. The topological polar surface area (TPSA) is 131 Å². The van der Waals surface area contributed by atoms with Gasteiger partial charge in [0.05, 0.1) is 18.4 Å². The number of methoxy groups -OCH3 is 1. The molecule has 3 heterocycles. The molecule has 180 valence electrons. The number of ether oxygens (including phenoxy) is 3. The van der Waals surface area contributed by atoms with Gasteiger partial charge in [0.25, 0.3) is 0 Å². The zero-order valence-electron chi connectivity index (χ0n) is 18.6. The Morgan fingerprint density at radius 3 is 2.56 bits per heavy atom. The smallest absolute Gasteiger partial charge is 0.388 e. The molecule has 10 nitrogen and oxygen atoms in total. The van der Waals surface area contributed by atoms with Gasteiger partial charge in [0, 0.05) is 27.2 Å². The summed E-state index contributed by atoms with van der Waals surface area (Å²) in [5.41, 5.74) is 1.76. The predicted octanol–water partition coefficient (Wildman–Crippen LogP) is 3.32. The third-order valence-electron chi connectivity index (χ3n) is 5.66. The Bertz CT molecular complexity index is 874. The lowest BCUT2D eigenvalue weighted by molar-refractivity contribution is -0.0281. The molecule has 1 saturated carbocycles. The van der Waals surface area contributed by atoms with Crippen LogP contribution in [0, 0.1) is 0 Å². The van der Waals surface area contributed by atoms with Crippen molar-refractivity contribution >= 4 is 30.9 Å². The van der Waals surface area contributed by atoms with Crippen molar-refractivity contribution in [2.75, 3.05) is 26.1 Å². The van der Waals surface area contributed by atoms with E-state index in [0.29, 0.717) is 6.04 Å². The number of aromatic nitrogens is 3. The Labute approximate surface area is 193 Å². The molecule has 0 aromatic carbocycles. The van der Waals surface area contributed by atoms with Gasteiger partial charge < -0.3 is 19.5 Å². The SMILES string of the molecule is CC(OCC1CCC(c2ccc3c(NC4CCCC4)nc(Cl)nn23)O1)[P+](O)(O)O.COC. The highest BCUT2D eigenvalue weighted by Crippen LogP contribution is 2.50. The maximum Gasteiger partial charge on any atom is 0.434 e. The quantitative estimate of drug-likeness (QED) is 0.431. The van der Waals surface area contributed by atoms with Crippen molar-refractivity contribution in [1.82, 2.24) is 14.6 Å². The summed E-state index contributed by atoms with van der Waals surface area (Å²) in [5.74, 6) is -0.293. The number of nitrogens with one attached hydrogen (secondary N) is 1. The number of hydrogen-bond donors (Lipinski definition) is 4. The molecule has 4 N–H and O–H groups in total. The minimum atomic E-state index is -4.00. The van der Waals surface area contributed by atoms with Gasteiger partial charge in [-0.25, -0.2) is 4.52 Å². The molecule has 1 aliphatic carbocycles. The summed E-state index contributed by atoms with van der Waals surface area (Å²) in [6, 6.07) is 4.36. The Morgan fingerprint density at radius 2 is 1.91 bits per heavy atom. The fourth-order valence-electron chi connectivity index (χ4n) is 4.00. The molecule has 1 saturated heterocycles. The van der Waals surface area contributed by atoms with Crippen LogP contribution in [0.15, 0.2) is 12.1 Å². The summed E-state index contributed by atoms with van der Waals surface area (Å²) in [6.07, 6.45) is 5.87. The fraction of sp³-hybridized carbons (Fsp3) is 0.700. The van der Waals surface area contributed by atoms with Crippen molar-refractivity contribution in [2.45, 2.75) is 69.5 Å². The molecular formula is C20H33ClN4O6P+. The molecule has 0 amide bonds. The maximum atomic E-state index is 9.26. The third kappa shape index (κ3) is 6.48. The van der Waals surface area contributed by atoms with E-state index in [9.17, 15) is 14.7 Å². The van der Waals surface area contributed by atoms with E-state index >= 15 is 0 Å². The first kappa shape index (κ1) is 25.5. The second-order valence-corrected chi connectivity index (χ2v) is 10.5. The van der Waals surface area contributed by atoms with Crippen molar-refractivity contribution in [3.05, 3.63) is 23.1 Å². The van der Waals surface area contributed by atoms with Gasteiger partial charge in [-0.2, -0.15) is 19.7 Å². The third-order valence-corrected chi connectivity index (χ3v) is 6.94. The second-order valence-electron chi connectivity index (χ2n) is 8.19. The zero-order valence-corrected chi connectivity index (χ0v) is 20.3. The van der Waals surface area contributed by atoms with E-state index in [-0.39, 0.29) is 24.1 Å². The first-order valence-electron chi connectivity index (χ1n) is 10.8. The summed E-state index contributed by atoms with van der Waals surface area (Å²) in [6.45, 7) is 1.60. The molecule has 4 rings (SSSR count). The van der Waals surface area contributed by atoms with Crippen LogP contribution in [0.25, 0.3) is 5.52 Å². The number of fused-ring (bicyclic) bond motifs is 1. The molecule has 3 unspecified atom stereocenters. The lowest BCUT2D eigenvalue weighted by atomic mass is 10.1. The molecular weight excluding hydrogens is 459 g/mol. The largest absolute Gasteiger partial charge is 0.434 e. The van der Waals surface area contributed by atoms with Gasteiger partial charge in [-0.05, 0) is 49.4 Å². The molecule has 3 atom stereocenters. The van der Waals surface area contributed by atoms with Crippen LogP contribution in [0.4, 0.5) is 5.82 Å². The number of nitrogens with zero attached hydrogens (tertiary/aromatic N) is 3. The highest BCUT2D eigenvalue weighted by Gasteiger charge is 2.41. The van der Waals surface area contributed by atoms with Gasteiger partial charge >= 0.3 is 7.94 Å². The van der Waals surface area contributed by atoms with Crippen molar-refractivity contribution in [1.29, 1.82) is 0 Å². The van der Waals surface area contributed by atoms with E-state index in [2.05, 4.69) is 20.1 Å². The van der Waals surface area contributed by atoms with Crippen LogP contribution >= 0.6 is 19.5 Å². The molecule has 2 aliphatic rings. The summed E-state index contributed by atoms with van der Waals surface area (Å²) in [5, 5.41) is 8.05. The van der Waals surface area contributed by atoms with Gasteiger partial charge in [0.2, 0.25) is 11.1 Å². The molecule has 32 heavy (non-hydrogen) atoms. The van der Waals surface area contributed by atoms with Crippen LogP contribution in [0.1, 0.15) is 57.2 Å². The van der Waals surface area contributed by atoms with E-state index in [1.54, 1.807) is 18.7 Å². The van der Waals surface area contributed by atoms with Gasteiger partial charge in [0.15, 0.2) is 5.82 Å². The van der Waals surface area contributed by atoms with E-state index in [0.717, 1.165) is 42.7 Å². The zero-order chi connectivity index (χ0) is 23.3. The second kappa shape index (κ2) is 11.4. The molecule has 1 aliphatic heterocycles.